The zero-order chi connectivity index (χ0) is 14.1. The van der Waals surface area contributed by atoms with Gasteiger partial charge in [-0.2, -0.15) is 0 Å². The van der Waals surface area contributed by atoms with Crippen molar-refractivity contribution in [1.29, 1.82) is 0 Å². The van der Waals surface area contributed by atoms with Crippen molar-refractivity contribution in [2.24, 2.45) is 0 Å². The number of carbonyl (C=O) groups is 1. The highest BCUT2D eigenvalue weighted by atomic mass is 35.5. The van der Waals surface area contributed by atoms with Gasteiger partial charge in [-0.1, -0.05) is 50.6 Å². The van der Waals surface area contributed by atoms with Gasteiger partial charge in [0.15, 0.2) is 0 Å². The molecule has 0 saturated carbocycles. The highest BCUT2D eigenvalue weighted by Crippen LogP contribution is 2.15. The minimum atomic E-state index is -0.504. The van der Waals surface area contributed by atoms with Gasteiger partial charge in [0, 0.05) is 6.20 Å². The summed E-state index contributed by atoms with van der Waals surface area (Å²) in [7, 11) is 0. The van der Waals surface area contributed by atoms with Gasteiger partial charge < -0.3 is 4.74 Å². The van der Waals surface area contributed by atoms with Crippen molar-refractivity contribution < 1.29 is 9.53 Å². The topological polar surface area (TPSA) is 52.1 Å². The van der Waals surface area contributed by atoms with Crippen LogP contribution in [0.15, 0.2) is 6.20 Å². The van der Waals surface area contributed by atoms with Crippen molar-refractivity contribution in [3.63, 3.8) is 0 Å². The molecule has 0 unspecified atom stereocenters. The number of halogens is 2. The molecule has 0 amide bonds. The Labute approximate surface area is 123 Å². The van der Waals surface area contributed by atoms with Gasteiger partial charge in [-0.25, -0.2) is 14.8 Å². The molecular formula is C13H18Cl2N2O2. The van der Waals surface area contributed by atoms with Crippen LogP contribution in [0.5, 0.6) is 0 Å². The molecule has 1 heterocycles. The Morgan fingerprint density at radius 3 is 2.58 bits per heavy atom. The van der Waals surface area contributed by atoms with E-state index >= 15 is 0 Å². The minimum Gasteiger partial charge on any atom is -0.462 e. The molecule has 0 aromatic carbocycles. The number of hydrogen-bond acceptors (Lipinski definition) is 4. The van der Waals surface area contributed by atoms with Crippen molar-refractivity contribution in [3.8, 4) is 0 Å². The lowest BCUT2D eigenvalue weighted by Crippen LogP contribution is -2.08. The standard InChI is InChI=1S/C13H18Cl2N2O2/c1-2-3-4-5-6-7-8-19-12(18)10-9-16-13(15)17-11(10)14/h9H,2-8H2,1H3. The van der Waals surface area contributed by atoms with Crippen LogP contribution in [-0.4, -0.2) is 22.5 Å². The summed E-state index contributed by atoms with van der Waals surface area (Å²) in [6, 6.07) is 0. The van der Waals surface area contributed by atoms with E-state index in [0.29, 0.717) is 6.61 Å². The number of nitrogens with zero attached hydrogens (tertiary/aromatic N) is 2. The molecule has 0 aliphatic heterocycles. The van der Waals surface area contributed by atoms with Gasteiger partial charge in [0.05, 0.1) is 6.61 Å². The third-order valence-electron chi connectivity index (χ3n) is 2.66. The lowest BCUT2D eigenvalue weighted by atomic mass is 10.1. The van der Waals surface area contributed by atoms with Crippen LogP contribution in [0.4, 0.5) is 0 Å². The second-order valence-electron chi connectivity index (χ2n) is 4.25. The number of hydrogen-bond donors (Lipinski definition) is 0. The normalized spacial score (nSPS) is 10.5. The van der Waals surface area contributed by atoms with E-state index in [1.54, 1.807) is 0 Å². The van der Waals surface area contributed by atoms with Crippen LogP contribution in [0.1, 0.15) is 55.8 Å². The van der Waals surface area contributed by atoms with Gasteiger partial charge in [0.25, 0.3) is 0 Å². The summed E-state index contributed by atoms with van der Waals surface area (Å²) in [5.74, 6) is -0.504. The number of carbonyl (C=O) groups excluding carboxylic acids is 1. The number of aromatic nitrogens is 2. The van der Waals surface area contributed by atoms with Gasteiger partial charge in [-0.05, 0) is 18.0 Å². The van der Waals surface area contributed by atoms with E-state index in [1.807, 2.05) is 0 Å². The fourth-order valence-corrected chi connectivity index (χ4v) is 1.99. The molecule has 19 heavy (non-hydrogen) atoms. The molecular weight excluding hydrogens is 287 g/mol. The number of esters is 1. The van der Waals surface area contributed by atoms with E-state index in [1.165, 1.54) is 31.9 Å². The maximum absolute atomic E-state index is 11.7. The van der Waals surface area contributed by atoms with Gasteiger partial charge in [-0.15, -0.1) is 0 Å². The number of rotatable bonds is 8. The first-order chi connectivity index (χ1) is 9.15. The fraction of sp³-hybridized carbons (Fsp3) is 0.615. The van der Waals surface area contributed by atoms with Crippen molar-refractivity contribution in [1.82, 2.24) is 9.97 Å². The molecule has 0 aliphatic rings. The molecule has 6 heteroatoms. The van der Waals surface area contributed by atoms with Crippen LogP contribution in [-0.2, 0) is 4.74 Å². The van der Waals surface area contributed by atoms with E-state index in [9.17, 15) is 4.79 Å². The molecule has 0 aliphatic carbocycles. The van der Waals surface area contributed by atoms with Gasteiger partial charge >= 0.3 is 5.97 Å². The molecule has 0 atom stereocenters. The van der Waals surface area contributed by atoms with E-state index in [0.717, 1.165) is 12.8 Å². The Morgan fingerprint density at radius 2 is 1.89 bits per heavy atom. The van der Waals surface area contributed by atoms with Crippen LogP contribution in [0.2, 0.25) is 10.4 Å². The zero-order valence-electron chi connectivity index (χ0n) is 11.0. The first-order valence-corrected chi connectivity index (χ1v) is 7.26. The Bertz CT molecular complexity index is 414. The second kappa shape index (κ2) is 9.10. The summed E-state index contributed by atoms with van der Waals surface area (Å²) in [6.07, 6.45) is 8.11. The fourth-order valence-electron chi connectivity index (χ4n) is 1.60. The average molecular weight is 305 g/mol. The van der Waals surface area contributed by atoms with Gasteiger partial charge in [0.2, 0.25) is 5.28 Å². The monoisotopic (exact) mass is 304 g/mol. The minimum absolute atomic E-state index is 0.0116. The Morgan fingerprint density at radius 1 is 1.21 bits per heavy atom. The van der Waals surface area contributed by atoms with Gasteiger partial charge in [0.1, 0.15) is 10.7 Å². The molecule has 0 N–H and O–H groups in total. The smallest absolute Gasteiger partial charge is 0.342 e. The Kier molecular flexibility index (Phi) is 7.75. The third kappa shape index (κ3) is 6.21. The van der Waals surface area contributed by atoms with Gasteiger partial charge in [-0.3, -0.25) is 0 Å². The van der Waals surface area contributed by atoms with Crippen molar-refractivity contribution in [2.75, 3.05) is 6.61 Å². The SMILES string of the molecule is CCCCCCCCOC(=O)c1cnc(Cl)nc1Cl. The average Bonchev–Trinajstić information content (AvgIpc) is 2.37. The summed E-state index contributed by atoms with van der Waals surface area (Å²) in [5.41, 5.74) is 0.150. The lowest BCUT2D eigenvalue weighted by Gasteiger charge is -2.05. The summed E-state index contributed by atoms with van der Waals surface area (Å²) in [5, 5.41) is 0.0328. The Balaban J connectivity index is 2.24. The predicted octanol–water partition coefficient (Wildman–Crippen LogP) is 4.30. The first-order valence-electron chi connectivity index (χ1n) is 6.50. The van der Waals surface area contributed by atoms with Crippen molar-refractivity contribution in [3.05, 3.63) is 22.2 Å². The lowest BCUT2D eigenvalue weighted by molar-refractivity contribution is 0.0497. The zero-order valence-corrected chi connectivity index (χ0v) is 12.5. The molecule has 1 aromatic heterocycles. The molecule has 1 aromatic rings. The van der Waals surface area contributed by atoms with Crippen LogP contribution < -0.4 is 0 Å². The summed E-state index contributed by atoms with van der Waals surface area (Å²) >= 11 is 11.3. The molecule has 0 bridgehead atoms. The van der Waals surface area contributed by atoms with E-state index in [4.69, 9.17) is 27.9 Å². The summed E-state index contributed by atoms with van der Waals surface area (Å²) < 4.78 is 5.11. The first kappa shape index (κ1) is 16.2. The largest absolute Gasteiger partial charge is 0.462 e. The molecule has 0 saturated heterocycles. The molecule has 0 radical (unpaired) electrons. The molecule has 0 spiro atoms. The van der Waals surface area contributed by atoms with Crippen molar-refractivity contribution >= 4 is 29.2 Å². The highest BCUT2D eigenvalue weighted by Gasteiger charge is 2.13. The van der Waals surface area contributed by atoms with Crippen LogP contribution in [0.25, 0.3) is 0 Å². The molecule has 106 valence electrons. The summed E-state index contributed by atoms with van der Waals surface area (Å²) in [6.45, 7) is 2.57. The predicted molar refractivity (Wildman–Crippen MR) is 75.7 cm³/mol. The summed E-state index contributed by atoms with van der Waals surface area (Å²) in [4.78, 5) is 19.1. The van der Waals surface area contributed by atoms with Crippen LogP contribution in [0.3, 0.4) is 0 Å². The highest BCUT2D eigenvalue weighted by molar-refractivity contribution is 6.33. The maximum atomic E-state index is 11.7. The van der Waals surface area contributed by atoms with Crippen LogP contribution in [0, 0.1) is 0 Å². The molecule has 4 nitrogen and oxygen atoms in total. The molecule has 1 rings (SSSR count). The Hall–Kier alpha value is -0.870. The molecule has 0 fully saturated rings. The third-order valence-corrected chi connectivity index (χ3v) is 3.13. The quantitative estimate of drug-likeness (QED) is 0.311. The second-order valence-corrected chi connectivity index (χ2v) is 4.94. The number of unbranched alkanes of at least 4 members (excludes halogenated alkanes) is 5. The van der Waals surface area contributed by atoms with E-state index < -0.39 is 5.97 Å². The number of ether oxygens (including phenoxy) is 1. The van der Waals surface area contributed by atoms with Crippen molar-refractivity contribution in [2.45, 2.75) is 45.4 Å². The maximum Gasteiger partial charge on any atom is 0.342 e. The van der Waals surface area contributed by atoms with Crippen LogP contribution >= 0.6 is 23.2 Å². The van der Waals surface area contributed by atoms with E-state index in [2.05, 4.69) is 16.9 Å². The van der Waals surface area contributed by atoms with E-state index in [-0.39, 0.29) is 16.0 Å².